The summed E-state index contributed by atoms with van der Waals surface area (Å²) in [5.41, 5.74) is 0.381. The van der Waals surface area contributed by atoms with Crippen molar-refractivity contribution in [2.24, 2.45) is 0 Å². The van der Waals surface area contributed by atoms with Crippen molar-refractivity contribution in [1.82, 2.24) is 14.7 Å². The zero-order valence-electron chi connectivity index (χ0n) is 12.4. The number of carboxylic acid groups (broad SMARTS) is 1. The Balaban J connectivity index is 1.87. The highest BCUT2D eigenvalue weighted by atomic mass is 19.1. The SMILES string of the molecule is O=C(O)C1CCCCN1C(=O)c1ccc(-n2cccn2)c(F)c1. The molecule has 2 heterocycles. The zero-order valence-corrected chi connectivity index (χ0v) is 12.4. The second kappa shape index (κ2) is 6.20. The van der Waals surface area contributed by atoms with Gasteiger partial charge in [0.05, 0.1) is 0 Å². The number of hydrogen-bond acceptors (Lipinski definition) is 3. The van der Waals surface area contributed by atoms with E-state index in [2.05, 4.69) is 5.10 Å². The van der Waals surface area contributed by atoms with Crippen molar-refractivity contribution < 1.29 is 19.1 Å². The van der Waals surface area contributed by atoms with Gasteiger partial charge in [0.25, 0.3) is 5.91 Å². The molecule has 1 saturated heterocycles. The van der Waals surface area contributed by atoms with Crippen LogP contribution in [0.1, 0.15) is 29.6 Å². The second-order valence-corrected chi connectivity index (χ2v) is 5.47. The summed E-state index contributed by atoms with van der Waals surface area (Å²) < 4.78 is 15.6. The van der Waals surface area contributed by atoms with E-state index in [9.17, 15) is 19.1 Å². The highest BCUT2D eigenvalue weighted by Gasteiger charge is 2.32. The number of halogens is 1. The minimum atomic E-state index is -1.02. The fourth-order valence-corrected chi connectivity index (χ4v) is 2.83. The monoisotopic (exact) mass is 317 g/mol. The van der Waals surface area contributed by atoms with Gasteiger partial charge >= 0.3 is 5.97 Å². The highest BCUT2D eigenvalue weighted by molar-refractivity contribution is 5.97. The van der Waals surface area contributed by atoms with Crippen LogP contribution in [0, 0.1) is 5.82 Å². The predicted molar refractivity (Wildman–Crippen MR) is 79.8 cm³/mol. The maximum atomic E-state index is 14.2. The summed E-state index contributed by atoms with van der Waals surface area (Å²) in [5, 5.41) is 13.2. The second-order valence-electron chi connectivity index (χ2n) is 5.47. The molecule has 1 aliphatic heterocycles. The van der Waals surface area contributed by atoms with Gasteiger partial charge in [-0.25, -0.2) is 13.9 Å². The number of hydrogen-bond donors (Lipinski definition) is 1. The molecular weight excluding hydrogens is 301 g/mol. The molecule has 1 aromatic carbocycles. The number of piperidine rings is 1. The lowest BCUT2D eigenvalue weighted by atomic mass is 10.0. The van der Waals surface area contributed by atoms with Crippen LogP contribution in [-0.2, 0) is 4.79 Å². The van der Waals surface area contributed by atoms with E-state index in [-0.39, 0.29) is 11.3 Å². The Morgan fingerprint density at radius 2 is 2.13 bits per heavy atom. The molecule has 0 aliphatic carbocycles. The number of likely N-dealkylation sites (tertiary alicyclic amines) is 1. The van der Waals surface area contributed by atoms with E-state index >= 15 is 0 Å². The summed E-state index contributed by atoms with van der Waals surface area (Å²) in [4.78, 5) is 25.1. The van der Waals surface area contributed by atoms with E-state index in [0.717, 1.165) is 18.9 Å². The van der Waals surface area contributed by atoms with Gasteiger partial charge in [-0.2, -0.15) is 5.10 Å². The molecular formula is C16H16FN3O3. The van der Waals surface area contributed by atoms with Crippen molar-refractivity contribution >= 4 is 11.9 Å². The Kier molecular flexibility index (Phi) is 4.10. The molecule has 1 atom stereocenters. The van der Waals surface area contributed by atoms with E-state index in [4.69, 9.17) is 0 Å². The number of aromatic nitrogens is 2. The normalized spacial score (nSPS) is 18.0. The smallest absolute Gasteiger partial charge is 0.326 e. The van der Waals surface area contributed by atoms with Crippen LogP contribution in [0.25, 0.3) is 5.69 Å². The van der Waals surface area contributed by atoms with Crippen molar-refractivity contribution in [2.75, 3.05) is 6.54 Å². The molecule has 1 unspecified atom stereocenters. The van der Waals surface area contributed by atoms with Gasteiger partial charge in [0.2, 0.25) is 0 Å². The average molecular weight is 317 g/mol. The van der Waals surface area contributed by atoms with Crippen molar-refractivity contribution in [3.8, 4) is 5.69 Å². The first-order chi connectivity index (χ1) is 11.1. The Morgan fingerprint density at radius 1 is 1.30 bits per heavy atom. The molecule has 0 bridgehead atoms. The molecule has 3 rings (SSSR count). The maximum Gasteiger partial charge on any atom is 0.326 e. The lowest BCUT2D eigenvalue weighted by Crippen LogP contribution is -2.48. The van der Waals surface area contributed by atoms with Gasteiger partial charge in [-0.15, -0.1) is 0 Å². The Hall–Kier alpha value is -2.70. The van der Waals surface area contributed by atoms with Gasteiger partial charge in [-0.05, 0) is 43.5 Å². The van der Waals surface area contributed by atoms with Crippen LogP contribution in [0.2, 0.25) is 0 Å². The van der Waals surface area contributed by atoms with E-state index in [1.54, 1.807) is 12.3 Å². The van der Waals surface area contributed by atoms with E-state index in [0.29, 0.717) is 13.0 Å². The van der Waals surface area contributed by atoms with E-state index in [1.807, 2.05) is 0 Å². The number of carbonyl (C=O) groups is 2. The molecule has 1 amide bonds. The summed E-state index contributed by atoms with van der Waals surface area (Å²) in [7, 11) is 0. The number of benzene rings is 1. The standard InChI is InChI=1S/C16H16FN3O3/c17-12-10-11(5-6-13(12)20-9-3-7-18-20)15(21)19-8-2-1-4-14(19)16(22)23/h3,5-7,9-10,14H,1-2,4,8H2,(H,22,23). The summed E-state index contributed by atoms with van der Waals surface area (Å²) in [6.45, 7) is 0.373. The first-order valence-corrected chi connectivity index (χ1v) is 7.41. The third kappa shape index (κ3) is 2.94. The van der Waals surface area contributed by atoms with Crippen LogP contribution in [-0.4, -0.2) is 44.3 Å². The van der Waals surface area contributed by atoms with Crippen molar-refractivity contribution in [2.45, 2.75) is 25.3 Å². The summed E-state index contributed by atoms with van der Waals surface area (Å²) >= 11 is 0. The summed E-state index contributed by atoms with van der Waals surface area (Å²) in [6.07, 6.45) is 5.08. The van der Waals surface area contributed by atoms with E-state index < -0.39 is 23.7 Å². The van der Waals surface area contributed by atoms with Crippen LogP contribution in [0.15, 0.2) is 36.7 Å². The Morgan fingerprint density at radius 3 is 2.78 bits per heavy atom. The number of nitrogens with zero attached hydrogens (tertiary/aromatic N) is 3. The molecule has 1 aromatic heterocycles. The molecule has 1 fully saturated rings. The third-order valence-corrected chi connectivity index (χ3v) is 3.99. The molecule has 7 heteroatoms. The van der Waals surface area contributed by atoms with Crippen molar-refractivity contribution in [3.05, 3.63) is 48.0 Å². The lowest BCUT2D eigenvalue weighted by Gasteiger charge is -2.33. The number of rotatable bonds is 3. The molecule has 2 aromatic rings. The number of carboxylic acids is 1. The zero-order chi connectivity index (χ0) is 16.4. The predicted octanol–water partition coefficient (Wildman–Crippen LogP) is 2.09. The Labute approximate surface area is 132 Å². The topological polar surface area (TPSA) is 75.4 Å². The Bertz CT molecular complexity index is 730. The molecule has 23 heavy (non-hydrogen) atoms. The maximum absolute atomic E-state index is 14.2. The molecule has 1 aliphatic rings. The molecule has 6 nitrogen and oxygen atoms in total. The van der Waals surface area contributed by atoms with Crippen molar-refractivity contribution in [1.29, 1.82) is 0 Å². The minimum absolute atomic E-state index is 0.145. The van der Waals surface area contributed by atoms with Crippen LogP contribution in [0.5, 0.6) is 0 Å². The molecule has 0 saturated carbocycles. The average Bonchev–Trinajstić information content (AvgIpc) is 3.08. The van der Waals surface area contributed by atoms with Gasteiger partial charge in [0.1, 0.15) is 17.5 Å². The molecule has 0 spiro atoms. The van der Waals surface area contributed by atoms with Gasteiger partial charge in [-0.3, -0.25) is 4.79 Å². The summed E-state index contributed by atoms with van der Waals surface area (Å²) in [5.74, 6) is -2.06. The third-order valence-electron chi connectivity index (χ3n) is 3.99. The fraction of sp³-hybridized carbons (Fsp3) is 0.312. The van der Waals surface area contributed by atoms with Gasteiger partial charge in [-0.1, -0.05) is 0 Å². The first kappa shape index (κ1) is 15.2. The van der Waals surface area contributed by atoms with Crippen LogP contribution < -0.4 is 0 Å². The van der Waals surface area contributed by atoms with Crippen LogP contribution >= 0.6 is 0 Å². The number of carbonyl (C=O) groups excluding carboxylic acids is 1. The van der Waals surface area contributed by atoms with Crippen LogP contribution in [0.3, 0.4) is 0 Å². The van der Waals surface area contributed by atoms with Crippen LogP contribution in [0.4, 0.5) is 4.39 Å². The summed E-state index contributed by atoms with van der Waals surface area (Å²) in [6, 6.07) is 4.92. The first-order valence-electron chi connectivity index (χ1n) is 7.41. The molecule has 0 radical (unpaired) electrons. The number of amides is 1. The lowest BCUT2D eigenvalue weighted by molar-refractivity contribution is -0.143. The molecule has 1 N–H and O–H groups in total. The minimum Gasteiger partial charge on any atom is -0.480 e. The van der Waals surface area contributed by atoms with E-state index in [1.165, 1.54) is 27.9 Å². The fourth-order valence-electron chi connectivity index (χ4n) is 2.83. The van der Waals surface area contributed by atoms with Crippen molar-refractivity contribution in [3.63, 3.8) is 0 Å². The van der Waals surface area contributed by atoms with Gasteiger partial charge in [0, 0.05) is 24.5 Å². The quantitative estimate of drug-likeness (QED) is 0.940. The van der Waals surface area contributed by atoms with Gasteiger partial charge in [0.15, 0.2) is 0 Å². The highest BCUT2D eigenvalue weighted by Crippen LogP contribution is 2.22. The largest absolute Gasteiger partial charge is 0.480 e. The molecule has 120 valence electrons. The van der Waals surface area contributed by atoms with Gasteiger partial charge < -0.3 is 10.0 Å². The number of aliphatic carboxylic acids is 1.